The molecule has 1 aromatic heterocycles. The van der Waals surface area contributed by atoms with Crippen LogP contribution in [0.15, 0.2) is 20.1 Å². The van der Waals surface area contributed by atoms with Crippen LogP contribution in [0.5, 0.6) is 0 Å². The van der Waals surface area contributed by atoms with Crippen LogP contribution >= 0.6 is 27.3 Å². The Kier molecular flexibility index (Phi) is 4.59. The van der Waals surface area contributed by atoms with Crippen LogP contribution in [0.3, 0.4) is 0 Å². The number of sulfonamides is 1. The fourth-order valence-corrected chi connectivity index (χ4v) is 4.81. The van der Waals surface area contributed by atoms with E-state index in [0.29, 0.717) is 10.8 Å². The second-order valence-electron chi connectivity index (χ2n) is 3.90. The van der Waals surface area contributed by atoms with Gasteiger partial charge in [0, 0.05) is 13.2 Å². The highest BCUT2D eigenvalue weighted by Crippen LogP contribution is 2.25. The Bertz CT molecular complexity index is 466. The van der Waals surface area contributed by atoms with Crippen LogP contribution < -0.4 is 4.72 Å². The van der Waals surface area contributed by atoms with E-state index < -0.39 is 10.0 Å². The molecule has 2 heterocycles. The lowest BCUT2D eigenvalue weighted by Gasteiger charge is -2.22. The fraction of sp³-hybridized carbons (Fsp3) is 0.600. The third-order valence-electron chi connectivity index (χ3n) is 2.59. The van der Waals surface area contributed by atoms with Gasteiger partial charge in [-0.15, -0.1) is 11.3 Å². The van der Waals surface area contributed by atoms with Crippen LogP contribution in [0.4, 0.5) is 0 Å². The minimum absolute atomic E-state index is 0.0157. The van der Waals surface area contributed by atoms with Crippen molar-refractivity contribution in [2.75, 3.05) is 13.2 Å². The van der Waals surface area contributed by atoms with Crippen molar-refractivity contribution in [1.29, 1.82) is 0 Å². The van der Waals surface area contributed by atoms with Crippen molar-refractivity contribution < 1.29 is 13.2 Å². The molecule has 4 nitrogen and oxygen atoms in total. The van der Waals surface area contributed by atoms with Gasteiger partial charge in [-0.05, 0) is 47.3 Å². The summed E-state index contributed by atoms with van der Waals surface area (Å²) in [5.41, 5.74) is 0. The molecular weight excluding hydrogens is 326 g/mol. The summed E-state index contributed by atoms with van der Waals surface area (Å²) in [6.45, 7) is 1.09. The van der Waals surface area contributed by atoms with Gasteiger partial charge in [-0.3, -0.25) is 0 Å². The first-order chi connectivity index (χ1) is 8.08. The second-order valence-corrected chi connectivity index (χ2v) is 8.36. The zero-order valence-electron chi connectivity index (χ0n) is 9.19. The maximum absolute atomic E-state index is 11.9. The molecule has 2 rings (SSSR count). The summed E-state index contributed by atoms with van der Waals surface area (Å²) in [4.78, 5) is 0. The Labute approximate surface area is 114 Å². The molecule has 1 aliphatic heterocycles. The van der Waals surface area contributed by atoms with Gasteiger partial charge >= 0.3 is 0 Å². The molecule has 0 saturated carbocycles. The van der Waals surface area contributed by atoms with E-state index in [2.05, 4.69) is 20.7 Å². The van der Waals surface area contributed by atoms with Crippen molar-refractivity contribution in [2.24, 2.45) is 0 Å². The maximum atomic E-state index is 11.9. The van der Waals surface area contributed by atoms with Crippen LogP contribution in [-0.4, -0.2) is 27.7 Å². The molecule has 0 aromatic carbocycles. The van der Waals surface area contributed by atoms with E-state index >= 15 is 0 Å². The van der Waals surface area contributed by atoms with Crippen molar-refractivity contribution >= 4 is 37.3 Å². The van der Waals surface area contributed by atoms with Crippen molar-refractivity contribution in [1.82, 2.24) is 4.72 Å². The van der Waals surface area contributed by atoms with E-state index in [1.54, 1.807) is 12.1 Å². The first kappa shape index (κ1) is 13.5. The van der Waals surface area contributed by atoms with Crippen molar-refractivity contribution in [3.63, 3.8) is 0 Å². The molecule has 7 heteroatoms. The average molecular weight is 340 g/mol. The van der Waals surface area contributed by atoms with E-state index in [0.717, 1.165) is 29.7 Å². The molecule has 1 unspecified atom stereocenters. The summed E-state index contributed by atoms with van der Waals surface area (Å²) < 4.78 is 33.0. The van der Waals surface area contributed by atoms with Crippen molar-refractivity contribution in [3.05, 3.63) is 15.9 Å². The quantitative estimate of drug-likeness (QED) is 0.916. The highest BCUT2D eigenvalue weighted by molar-refractivity contribution is 9.11. The lowest BCUT2D eigenvalue weighted by molar-refractivity contribution is 0.0200. The number of rotatable bonds is 4. The standard InChI is InChI=1S/C10H14BrNO3S2/c11-9-4-5-10(16-9)17(13,14)12-7-8-3-1-2-6-15-8/h4-5,8,12H,1-3,6-7H2. The third-order valence-corrected chi connectivity index (χ3v) is 6.13. The van der Waals surface area contributed by atoms with Gasteiger partial charge in [0.2, 0.25) is 10.0 Å². The molecule has 1 saturated heterocycles. The Morgan fingerprint density at radius 2 is 2.29 bits per heavy atom. The lowest BCUT2D eigenvalue weighted by atomic mass is 10.1. The number of thiophene rings is 1. The number of hydrogen-bond donors (Lipinski definition) is 1. The monoisotopic (exact) mass is 339 g/mol. The Hall–Kier alpha value is 0.0500. The van der Waals surface area contributed by atoms with E-state index in [9.17, 15) is 8.42 Å². The van der Waals surface area contributed by atoms with Crippen LogP contribution in [-0.2, 0) is 14.8 Å². The summed E-state index contributed by atoms with van der Waals surface area (Å²) >= 11 is 4.46. The van der Waals surface area contributed by atoms with E-state index in [4.69, 9.17) is 4.74 Å². The Balaban J connectivity index is 1.93. The smallest absolute Gasteiger partial charge is 0.250 e. The highest BCUT2D eigenvalue weighted by atomic mass is 79.9. The van der Waals surface area contributed by atoms with Gasteiger partial charge < -0.3 is 4.74 Å². The summed E-state index contributed by atoms with van der Waals surface area (Å²) in [5, 5.41) is 0. The van der Waals surface area contributed by atoms with E-state index in [1.165, 1.54) is 11.3 Å². The molecule has 1 N–H and O–H groups in total. The molecule has 0 spiro atoms. The molecule has 1 fully saturated rings. The van der Waals surface area contributed by atoms with Crippen molar-refractivity contribution in [3.8, 4) is 0 Å². The number of ether oxygens (including phenoxy) is 1. The minimum atomic E-state index is -3.38. The predicted octanol–water partition coefficient (Wildman–Crippen LogP) is 2.36. The molecule has 0 aliphatic carbocycles. The zero-order chi connectivity index (χ0) is 12.3. The van der Waals surface area contributed by atoms with Gasteiger partial charge in [-0.1, -0.05) is 0 Å². The molecule has 1 atom stereocenters. The molecule has 0 radical (unpaired) electrons. The van der Waals surface area contributed by atoms with Gasteiger partial charge in [-0.25, -0.2) is 13.1 Å². The molecule has 0 bridgehead atoms. The average Bonchev–Trinajstić information content (AvgIpc) is 2.76. The SMILES string of the molecule is O=S(=O)(NCC1CCCCO1)c1ccc(Br)s1. The third kappa shape index (κ3) is 3.75. The highest BCUT2D eigenvalue weighted by Gasteiger charge is 2.20. The summed E-state index contributed by atoms with van der Waals surface area (Å²) in [5.74, 6) is 0. The van der Waals surface area contributed by atoms with Crippen LogP contribution in [0.1, 0.15) is 19.3 Å². The number of nitrogens with one attached hydrogen (secondary N) is 1. The molecule has 17 heavy (non-hydrogen) atoms. The molecule has 1 aromatic rings. The Morgan fingerprint density at radius 3 is 2.88 bits per heavy atom. The van der Waals surface area contributed by atoms with Gasteiger partial charge in [0.15, 0.2) is 0 Å². The summed E-state index contributed by atoms with van der Waals surface area (Å²) in [6.07, 6.45) is 3.12. The predicted molar refractivity (Wildman–Crippen MR) is 70.8 cm³/mol. The largest absolute Gasteiger partial charge is 0.377 e. The van der Waals surface area contributed by atoms with E-state index in [1.807, 2.05) is 0 Å². The van der Waals surface area contributed by atoms with Gasteiger partial charge in [-0.2, -0.15) is 0 Å². The molecule has 0 amide bonds. The zero-order valence-corrected chi connectivity index (χ0v) is 12.4. The minimum Gasteiger partial charge on any atom is -0.377 e. The molecular formula is C10H14BrNO3S2. The summed E-state index contributed by atoms with van der Waals surface area (Å²) in [6, 6.07) is 3.33. The first-order valence-corrected chi connectivity index (χ1v) is 8.54. The normalized spacial score (nSPS) is 21.6. The van der Waals surface area contributed by atoms with Gasteiger partial charge in [0.05, 0.1) is 9.89 Å². The fourth-order valence-electron chi connectivity index (χ4n) is 1.68. The molecule has 1 aliphatic rings. The summed E-state index contributed by atoms with van der Waals surface area (Å²) in [7, 11) is -3.38. The second kappa shape index (κ2) is 5.79. The van der Waals surface area contributed by atoms with Crippen molar-refractivity contribution in [2.45, 2.75) is 29.6 Å². The van der Waals surface area contributed by atoms with Gasteiger partial charge in [0.1, 0.15) is 4.21 Å². The molecule has 96 valence electrons. The topological polar surface area (TPSA) is 55.4 Å². The lowest BCUT2D eigenvalue weighted by Crippen LogP contribution is -2.35. The van der Waals surface area contributed by atoms with Crippen LogP contribution in [0, 0.1) is 0 Å². The van der Waals surface area contributed by atoms with Crippen LogP contribution in [0.25, 0.3) is 0 Å². The number of hydrogen-bond acceptors (Lipinski definition) is 4. The Morgan fingerprint density at radius 1 is 1.47 bits per heavy atom. The van der Waals surface area contributed by atoms with Crippen LogP contribution in [0.2, 0.25) is 0 Å². The maximum Gasteiger partial charge on any atom is 0.250 e. The van der Waals surface area contributed by atoms with Gasteiger partial charge in [0.25, 0.3) is 0 Å². The first-order valence-electron chi connectivity index (χ1n) is 5.44. The van der Waals surface area contributed by atoms with E-state index in [-0.39, 0.29) is 6.10 Å². The number of halogens is 1.